The number of carbonyl (C=O) groups is 3. The van der Waals surface area contributed by atoms with Gasteiger partial charge in [0, 0.05) is 16.7 Å². The van der Waals surface area contributed by atoms with Gasteiger partial charge in [-0.1, -0.05) is 60.1 Å². The molecule has 0 spiro atoms. The van der Waals surface area contributed by atoms with Crippen molar-refractivity contribution >= 4 is 17.5 Å². The molecule has 4 heteroatoms. The average Bonchev–Trinajstić information content (AvgIpc) is 2.77. The Morgan fingerprint density at radius 1 is 0.943 bits per heavy atom. The van der Waals surface area contributed by atoms with Crippen LogP contribution in [0.25, 0.3) is 0 Å². The average molecular weight is 481 g/mol. The summed E-state index contributed by atoms with van der Waals surface area (Å²) in [7, 11) is 1.50. The van der Waals surface area contributed by atoms with Crippen LogP contribution < -0.4 is 0 Å². The molecule has 0 heterocycles. The predicted octanol–water partition coefficient (Wildman–Crippen LogP) is 6.49. The lowest BCUT2D eigenvalue weighted by Gasteiger charge is -2.68. The summed E-state index contributed by atoms with van der Waals surface area (Å²) in [6, 6.07) is 0. The normalized spacial score (nSPS) is 47.5. The molecule has 5 aliphatic carbocycles. The Bertz CT molecular complexity index is 1060. The van der Waals surface area contributed by atoms with Crippen molar-refractivity contribution in [2.24, 2.45) is 50.2 Å². The zero-order valence-corrected chi connectivity index (χ0v) is 23.0. The molecular formula is C31H44O4. The largest absolute Gasteiger partial charge is 0.469 e. The van der Waals surface area contributed by atoms with Gasteiger partial charge in [-0.15, -0.1) is 0 Å². The molecule has 0 amide bonds. The SMILES string of the molecule is COC(=O)[C@]12CCC(C)(C)C[C@H]1[C@H]1C(=O)C=C3[C@@]4(C)C=CC(=O)C(C)(C)[C@@H]4CC[C@@]3(C)[C@]1(C)CC2. The highest BCUT2D eigenvalue weighted by molar-refractivity contribution is 5.98. The van der Waals surface area contributed by atoms with E-state index in [0.29, 0.717) is 0 Å². The second-order valence-electron chi connectivity index (χ2n) is 14.6. The van der Waals surface area contributed by atoms with Gasteiger partial charge in [-0.3, -0.25) is 14.4 Å². The summed E-state index contributed by atoms with van der Waals surface area (Å²) >= 11 is 0. The van der Waals surface area contributed by atoms with Crippen LogP contribution in [0.4, 0.5) is 0 Å². The van der Waals surface area contributed by atoms with Crippen LogP contribution in [0.3, 0.4) is 0 Å². The third-order valence-corrected chi connectivity index (χ3v) is 12.3. The number of hydrogen-bond donors (Lipinski definition) is 0. The number of ether oxygens (including phenoxy) is 1. The monoisotopic (exact) mass is 480 g/mol. The van der Waals surface area contributed by atoms with Crippen LogP contribution in [0.15, 0.2) is 23.8 Å². The number of fused-ring (bicyclic) bond motifs is 7. The van der Waals surface area contributed by atoms with Crippen LogP contribution in [0.2, 0.25) is 0 Å². The highest BCUT2D eigenvalue weighted by atomic mass is 16.5. The van der Waals surface area contributed by atoms with E-state index in [2.05, 4.69) is 54.5 Å². The number of hydrogen-bond acceptors (Lipinski definition) is 4. The van der Waals surface area contributed by atoms with E-state index in [9.17, 15) is 14.4 Å². The molecule has 5 aliphatic rings. The van der Waals surface area contributed by atoms with E-state index in [1.54, 1.807) is 6.08 Å². The van der Waals surface area contributed by atoms with Gasteiger partial charge in [-0.2, -0.15) is 0 Å². The first-order valence-corrected chi connectivity index (χ1v) is 13.7. The van der Waals surface area contributed by atoms with Gasteiger partial charge < -0.3 is 4.74 Å². The van der Waals surface area contributed by atoms with Crippen molar-refractivity contribution in [2.45, 2.75) is 93.4 Å². The fraction of sp³-hybridized carbons (Fsp3) is 0.774. The minimum Gasteiger partial charge on any atom is -0.469 e. The number of rotatable bonds is 1. The lowest BCUT2D eigenvalue weighted by Crippen LogP contribution is -2.65. The highest BCUT2D eigenvalue weighted by Crippen LogP contribution is 2.74. The van der Waals surface area contributed by atoms with Crippen molar-refractivity contribution in [1.82, 2.24) is 0 Å². The third kappa shape index (κ3) is 2.95. The van der Waals surface area contributed by atoms with Crippen molar-refractivity contribution in [3.05, 3.63) is 23.8 Å². The van der Waals surface area contributed by atoms with E-state index in [1.165, 1.54) is 12.7 Å². The Balaban J connectivity index is 1.68. The molecule has 0 aliphatic heterocycles. The number of methoxy groups -OCH3 is 1. The van der Waals surface area contributed by atoms with Crippen molar-refractivity contribution in [2.75, 3.05) is 7.11 Å². The molecule has 35 heavy (non-hydrogen) atoms. The number of ketones is 2. The molecular weight excluding hydrogens is 436 g/mol. The Hall–Kier alpha value is -1.71. The van der Waals surface area contributed by atoms with Crippen molar-refractivity contribution in [3.8, 4) is 0 Å². The minimum absolute atomic E-state index is 0.00465. The lowest BCUT2D eigenvalue weighted by molar-refractivity contribution is -0.191. The van der Waals surface area contributed by atoms with Crippen LogP contribution >= 0.6 is 0 Å². The summed E-state index contributed by atoms with van der Waals surface area (Å²) in [6.07, 6.45) is 12.1. The molecule has 192 valence electrons. The van der Waals surface area contributed by atoms with Crippen LogP contribution in [-0.4, -0.2) is 24.6 Å². The van der Waals surface area contributed by atoms with Gasteiger partial charge in [0.15, 0.2) is 11.6 Å². The molecule has 3 fully saturated rings. The molecule has 0 aromatic heterocycles. The minimum atomic E-state index is -0.550. The van der Waals surface area contributed by atoms with E-state index < -0.39 is 10.8 Å². The maximum absolute atomic E-state index is 14.3. The molecule has 0 N–H and O–H groups in total. The van der Waals surface area contributed by atoms with Gasteiger partial charge in [0.05, 0.1) is 12.5 Å². The smallest absolute Gasteiger partial charge is 0.312 e. The van der Waals surface area contributed by atoms with Gasteiger partial charge in [0.2, 0.25) is 0 Å². The number of carbonyl (C=O) groups excluding carboxylic acids is 3. The third-order valence-electron chi connectivity index (χ3n) is 12.3. The quantitative estimate of drug-likeness (QED) is 0.403. The van der Waals surface area contributed by atoms with Crippen LogP contribution in [0, 0.1) is 50.2 Å². The fourth-order valence-electron chi connectivity index (χ4n) is 9.90. The lowest BCUT2D eigenvalue weighted by atomic mass is 9.34. The second-order valence-corrected chi connectivity index (χ2v) is 14.6. The van der Waals surface area contributed by atoms with E-state index in [1.807, 2.05) is 6.08 Å². The molecule has 4 nitrogen and oxygen atoms in total. The van der Waals surface area contributed by atoms with Gasteiger partial charge in [-0.25, -0.2) is 0 Å². The summed E-state index contributed by atoms with van der Waals surface area (Å²) in [4.78, 5) is 40.4. The molecule has 5 rings (SSSR count). The van der Waals surface area contributed by atoms with Crippen LogP contribution in [0.5, 0.6) is 0 Å². The first-order valence-electron chi connectivity index (χ1n) is 13.7. The van der Waals surface area contributed by atoms with E-state index in [4.69, 9.17) is 4.74 Å². The molecule has 3 saturated carbocycles. The summed E-state index contributed by atoms with van der Waals surface area (Å²) in [5, 5.41) is 0. The Labute approximate surface area is 211 Å². The molecule has 0 aromatic rings. The summed E-state index contributed by atoms with van der Waals surface area (Å²) < 4.78 is 5.41. The predicted molar refractivity (Wildman–Crippen MR) is 136 cm³/mol. The van der Waals surface area contributed by atoms with Crippen LogP contribution in [0.1, 0.15) is 93.4 Å². The first-order chi connectivity index (χ1) is 16.1. The Morgan fingerprint density at radius 2 is 1.60 bits per heavy atom. The van der Waals surface area contributed by atoms with Crippen molar-refractivity contribution in [3.63, 3.8) is 0 Å². The van der Waals surface area contributed by atoms with Gasteiger partial charge in [-0.05, 0) is 85.2 Å². The molecule has 0 aromatic carbocycles. The van der Waals surface area contributed by atoms with Gasteiger partial charge in [0.1, 0.15) is 0 Å². The van der Waals surface area contributed by atoms with Crippen LogP contribution in [-0.2, 0) is 19.1 Å². The number of allylic oxidation sites excluding steroid dienone is 4. The summed E-state index contributed by atoms with van der Waals surface area (Å²) in [6.45, 7) is 15.7. The summed E-state index contributed by atoms with van der Waals surface area (Å²) in [5.74, 6) is 0.294. The number of esters is 1. The van der Waals surface area contributed by atoms with Crippen molar-refractivity contribution in [1.29, 1.82) is 0 Å². The van der Waals surface area contributed by atoms with Gasteiger partial charge >= 0.3 is 5.97 Å². The van der Waals surface area contributed by atoms with Crippen molar-refractivity contribution < 1.29 is 19.1 Å². The first kappa shape index (κ1) is 25.0. The maximum atomic E-state index is 14.3. The highest BCUT2D eigenvalue weighted by Gasteiger charge is 2.70. The zero-order valence-electron chi connectivity index (χ0n) is 23.0. The second kappa shape index (κ2) is 7.19. The molecule has 0 saturated heterocycles. The molecule has 0 bridgehead atoms. The zero-order chi connectivity index (χ0) is 25.8. The molecule has 0 radical (unpaired) electrons. The summed E-state index contributed by atoms with van der Waals surface area (Å²) in [5.41, 5.74) is -0.345. The van der Waals surface area contributed by atoms with Gasteiger partial charge in [0.25, 0.3) is 0 Å². The Morgan fingerprint density at radius 3 is 2.26 bits per heavy atom. The molecule has 7 atom stereocenters. The topological polar surface area (TPSA) is 60.4 Å². The van der Waals surface area contributed by atoms with E-state index >= 15 is 0 Å². The van der Waals surface area contributed by atoms with E-state index in [0.717, 1.165) is 44.9 Å². The fourth-order valence-corrected chi connectivity index (χ4v) is 9.90. The van der Waals surface area contributed by atoms with E-state index in [-0.39, 0.29) is 56.9 Å². The Kier molecular flexibility index (Phi) is 5.13. The standard InChI is InChI=1S/C31H44O4/c1-26(2)13-15-31(25(34)35-8)16-14-30(7)24(19(31)18-26)20(32)17-22-28(5)11-10-23(33)27(3,4)21(28)9-12-29(22,30)6/h10-11,17,19,21,24H,9,12-16,18H2,1-8H3/t19-,21-,24-,28-,29+,30+,31-/m0/s1. The molecule has 0 unspecified atom stereocenters. The maximum Gasteiger partial charge on any atom is 0.312 e.